The molecule has 76 valence electrons. The lowest BCUT2D eigenvalue weighted by atomic mass is 9.96. The van der Waals surface area contributed by atoms with E-state index in [1.165, 1.54) is 0 Å². The second-order valence-electron chi connectivity index (χ2n) is 3.36. The predicted molar refractivity (Wildman–Crippen MR) is 45.2 cm³/mol. The Balaban J connectivity index is 2.22. The monoisotopic (exact) mass is 202 g/mol. The number of para-hydroxylation sites is 1. The van der Waals surface area contributed by atoms with Crippen LogP contribution in [0.4, 0.5) is 13.2 Å². The molecule has 4 heteroatoms. The molecule has 1 atom stereocenters. The van der Waals surface area contributed by atoms with E-state index in [0.717, 1.165) is 0 Å². The van der Waals surface area contributed by atoms with Gasteiger partial charge >= 0.3 is 6.18 Å². The van der Waals surface area contributed by atoms with Crippen molar-refractivity contribution in [2.75, 3.05) is 6.61 Å². The van der Waals surface area contributed by atoms with Crippen molar-refractivity contribution in [2.24, 2.45) is 5.92 Å². The van der Waals surface area contributed by atoms with Gasteiger partial charge in [0, 0.05) is 0 Å². The van der Waals surface area contributed by atoms with E-state index >= 15 is 0 Å². The first kappa shape index (κ1) is 9.37. The minimum absolute atomic E-state index is 0.0275. The Bertz CT molecular complexity index is 332. The summed E-state index contributed by atoms with van der Waals surface area (Å²) in [5.41, 5.74) is 0.640. The molecular formula is C10H9F3O. The minimum Gasteiger partial charge on any atom is -0.493 e. The molecule has 1 aliphatic heterocycles. The summed E-state index contributed by atoms with van der Waals surface area (Å²) in [4.78, 5) is 0. The minimum atomic E-state index is -4.16. The van der Waals surface area contributed by atoms with Crippen LogP contribution in [0.25, 0.3) is 0 Å². The van der Waals surface area contributed by atoms with Gasteiger partial charge in [-0.15, -0.1) is 0 Å². The van der Waals surface area contributed by atoms with E-state index in [0.29, 0.717) is 11.3 Å². The first-order valence-electron chi connectivity index (χ1n) is 4.35. The van der Waals surface area contributed by atoms with Gasteiger partial charge in [0.15, 0.2) is 0 Å². The second-order valence-corrected chi connectivity index (χ2v) is 3.36. The molecule has 0 amide bonds. The number of ether oxygens (including phenoxy) is 1. The van der Waals surface area contributed by atoms with E-state index in [-0.39, 0.29) is 13.0 Å². The van der Waals surface area contributed by atoms with Gasteiger partial charge in [-0.05, 0) is 18.1 Å². The third kappa shape index (κ3) is 1.69. The first-order valence-corrected chi connectivity index (χ1v) is 4.35. The smallest absolute Gasteiger partial charge is 0.395 e. The summed E-state index contributed by atoms with van der Waals surface area (Å²) in [5, 5.41) is 0. The molecule has 0 N–H and O–H groups in total. The molecule has 2 rings (SSSR count). The van der Waals surface area contributed by atoms with Crippen LogP contribution in [0.15, 0.2) is 24.3 Å². The summed E-state index contributed by atoms with van der Waals surface area (Å²) in [6, 6.07) is 6.85. The van der Waals surface area contributed by atoms with Crippen LogP contribution >= 0.6 is 0 Å². The Hall–Kier alpha value is -1.19. The fourth-order valence-corrected chi connectivity index (χ4v) is 1.54. The molecule has 14 heavy (non-hydrogen) atoms. The van der Waals surface area contributed by atoms with Gasteiger partial charge in [-0.3, -0.25) is 0 Å². The zero-order valence-corrected chi connectivity index (χ0v) is 7.34. The first-order chi connectivity index (χ1) is 6.57. The lowest BCUT2D eigenvalue weighted by molar-refractivity contribution is -0.183. The van der Waals surface area contributed by atoms with Crippen molar-refractivity contribution >= 4 is 0 Å². The Morgan fingerprint density at radius 1 is 1.21 bits per heavy atom. The van der Waals surface area contributed by atoms with Crippen LogP contribution in [0.3, 0.4) is 0 Å². The molecule has 0 fully saturated rings. The van der Waals surface area contributed by atoms with Crippen molar-refractivity contribution in [3.63, 3.8) is 0 Å². The Morgan fingerprint density at radius 2 is 1.93 bits per heavy atom. The van der Waals surface area contributed by atoms with Crippen LogP contribution in [0.5, 0.6) is 5.75 Å². The molecule has 1 aromatic rings. The van der Waals surface area contributed by atoms with Crippen LogP contribution in [-0.2, 0) is 6.42 Å². The number of alkyl halides is 3. The lowest BCUT2D eigenvalue weighted by Gasteiger charge is -2.26. The molecule has 0 bridgehead atoms. The zero-order valence-electron chi connectivity index (χ0n) is 7.34. The number of benzene rings is 1. The van der Waals surface area contributed by atoms with Gasteiger partial charge in [-0.25, -0.2) is 0 Å². The van der Waals surface area contributed by atoms with E-state index < -0.39 is 12.1 Å². The maximum absolute atomic E-state index is 12.4. The summed E-state index contributed by atoms with van der Waals surface area (Å²) in [6.45, 7) is -0.263. The van der Waals surface area contributed by atoms with Crippen LogP contribution in [-0.4, -0.2) is 12.8 Å². The highest BCUT2D eigenvalue weighted by Gasteiger charge is 2.42. The third-order valence-electron chi connectivity index (χ3n) is 2.34. The van der Waals surface area contributed by atoms with Gasteiger partial charge in [0.1, 0.15) is 12.4 Å². The largest absolute Gasteiger partial charge is 0.493 e. The molecule has 1 aliphatic rings. The molecule has 0 spiro atoms. The molecule has 0 aliphatic carbocycles. The second kappa shape index (κ2) is 3.19. The van der Waals surface area contributed by atoms with Crippen LogP contribution < -0.4 is 4.74 Å². The zero-order chi connectivity index (χ0) is 10.2. The van der Waals surface area contributed by atoms with E-state index in [4.69, 9.17) is 4.74 Å². The predicted octanol–water partition coefficient (Wildman–Crippen LogP) is 2.80. The van der Waals surface area contributed by atoms with Crippen LogP contribution in [0, 0.1) is 5.92 Å². The number of halogens is 3. The Labute approximate surface area is 79.5 Å². The highest BCUT2D eigenvalue weighted by molar-refractivity contribution is 5.35. The van der Waals surface area contributed by atoms with Crippen molar-refractivity contribution in [2.45, 2.75) is 12.6 Å². The molecular weight excluding hydrogens is 193 g/mol. The average molecular weight is 202 g/mol. The van der Waals surface area contributed by atoms with E-state index in [1.807, 2.05) is 0 Å². The number of rotatable bonds is 0. The van der Waals surface area contributed by atoms with E-state index in [2.05, 4.69) is 0 Å². The highest BCUT2D eigenvalue weighted by atomic mass is 19.4. The normalized spacial score (nSPS) is 21.2. The maximum Gasteiger partial charge on any atom is 0.395 e. The fraction of sp³-hybridized carbons (Fsp3) is 0.400. The molecule has 1 nitrogen and oxygen atoms in total. The average Bonchev–Trinajstić information content (AvgIpc) is 2.16. The van der Waals surface area contributed by atoms with Gasteiger partial charge in [0.05, 0.1) is 5.92 Å². The summed E-state index contributed by atoms with van der Waals surface area (Å²) < 4.78 is 42.1. The Morgan fingerprint density at radius 3 is 2.64 bits per heavy atom. The molecule has 0 radical (unpaired) electrons. The van der Waals surface area contributed by atoms with Crippen LogP contribution in [0.1, 0.15) is 5.56 Å². The molecule has 1 unspecified atom stereocenters. The third-order valence-corrected chi connectivity index (χ3v) is 2.34. The summed E-state index contributed by atoms with van der Waals surface area (Å²) in [5.74, 6) is -0.787. The van der Waals surface area contributed by atoms with Gasteiger partial charge < -0.3 is 4.74 Å². The number of hydrogen-bond acceptors (Lipinski definition) is 1. The van der Waals surface area contributed by atoms with E-state index in [9.17, 15) is 13.2 Å². The SMILES string of the molecule is FC(F)(F)C1COc2ccccc2C1. The van der Waals surface area contributed by atoms with Gasteiger partial charge in [-0.1, -0.05) is 18.2 Å². The van der Waals surface area contributed by atoms with Crippen molar-refractivity contribution in [3.8, 4) is 5.75 Å². The van der Waals surface area contributed by atoms with Crippen molar-refractivity contribution < 1.29 is 17.9 Å². The quantitative estimate of drug-likeness (QED) is 0.628. The van der Waals surface area contributed by atoms with Crippen molar-refractivity contribution in [1.82, 2.24) is 0 Å². The number of hydrogen-bond donors (Lipinski definition) is 0. The number of fused-ring (bicyclic) bond motifs is 1. The standard InChI is InChI=1S/C10H9F3O/c11-10(12,13)8-5-7-3-1-2-4-9(7)14-6-8/h1-4,8H,5-6H2. The van der Waals surface area contributed by atoms with Gasteiger partial charge in [-0.2, -0.15) is 13.2 Å². The van der Waals surface area contributed by atoms with Gasteiger partial charge in [0.25, 0.3) is 0 Å². The van der Waals surface area contributed by atoms with Crippen molar-refractivity contribution in [3.05, 3.63) is 29.8 Å². The maximum atomic E-state index is 12.4. The molecule has 1 aromatic carbocycles. The summed E-state index contributed by atoms with van der Waals surface area (Å²) in [6.07, 6.45) is -4.13. The summed E-state index contributed by atoms with van der Waals surface area (Å²) in [7, 11) is 0. The highest BCUT2D eigenvalue weighted by Crippen LogP contribution is 2.35. The van der Waals surface area contributed by atoms with E-state index in [1.54, 1.807) is 24.3 Å². The van der Waals surface area contributed by atoms with Crippen LogP contribution in [0.2, 0.25) is 0 Å². The Kier molecular flexibility index (Phi) is 2.13. The molecule has 0 saturated carbocycles. The van der Waals surface area contributed by atoms with Crippen molar-refractivity contribution in [1.29, 1.82) is 0 Å². The van der Waals surface area contributed by atoms with Gasteiger partial charge in [0.2, 0.25) is 0 Å². The fourth-order valence-electron chi connectivity index (χ4n) is 1.54. The lowest BCUT2D eigenvalue weighted by Crippen LogP contribution is -2.33. The molecule has 0 aromatic heterocycles. The molecule has 1 heterocycles. The topological polar surface area (TPSA) is 9.23 Å². The summed E-state index contributed by atoms with van der Waals surface area (Å²) >= 11 is 0. The molecule has 0 saturated heterocycles.